The van der Waals surface area contributed by atoms with Crippen molar-refractivity contribution in [2.45, 2.75) is 13.8 Å². The van der Waals surface area contributed by atoms with E-state index in [0.717, 1.165) is 6.29 Å². The van der Waals surface area contributed by atoms with Crippen LogP contribution in [0.15, 0.2) is 30.5 Å². The quantitative estimate of drug-likeness (QED) is 0.812. The van der Waals surface area contributed by atoms with E-state index in [1.807, 2.05) is 6.92 Å². The number of nitrogens with two attached hydrogens (primary N) is 1. The van der Waals surface area contributed by atoms with Gasteiger partial charge in [0.15, 0.2) is 6.29 Å². The molecule has 1 aromatic carbocycles. The molecule has 0 aliphatic carbocycles. The van der Waals surface area contributed by atoms with Crippen LogP contribution in [0.5, 0.6) is 5.75 Å². The molecule has 0 fully saturated rings. The molecule has 0 aliphatic rings. The largest absolute Gasteiger partial charge is 0.493 e. The third-order valence-corrected chi connectivity index (χ3v) is 1.60. The predicted molar refractivity (Wildman–Crippen MR) is 67.4 cm³/mol. The smallest absolute Gasteiger partial charge is 0.153 e. The van der Waals surface area contributed by atoms with Crippen molar-refractivity contribution in [2.75, 3.05) is 6.61 Å². The molecule has 0 radical (unpaired) electrons. The van der Waals surface area contributed by atoms with Gasteiger partial charge in [0.05, 0.1) is 12.2 Å². The lowest BCUT2D eigenvalue weighted by Gasteiger charge is -2.05. The fourth-order valence-corrected chi connectivity index (χ4v) is 1.00. The standard InChI is InChI=1S/C10H10O3.C3H7N/c1-2-13-10-5-8(6-11)3-4-9(10)7-12;1-3(2)4/h3-7H,2H2,1H3;1,4H2,2H3. The minimum atomic E-state index is 0.460. The number of allylic oxidation sites excluding steroid dienone is 1. The van der Waals surface area contributed by atoms with E-state index in [0.29, 0.717) is 35.5 Å². The van der Waals surface area contributed by atoms with E-state index in [1.165, 1.54) is 0 Å². The van der Waals surface area contributed by atoms with Gasteiger partial charge in [-0.15, -0.1) is 0 Å². The molecule has 1 aromatic rings. The summed E-state index contributed by atoms with van der Waals surface area (Å²) in [6.07, 6.45) is 1.43. The first-order valence-electron chi connectivity index (χ1n) is 5.13. The lowest BCUT2D eigenvalue weighted by molar-refractivity contribution is 0.110. The highest BCUT2D eigenvalue weighted by Gasteiger charge is 2.02. The summed E-state index contributed by atoms with van der Waals surface area (Å²) in [6.45, 7) is 7.38. The second-order valence-corrected chi connectivity index (χ2v) is 3.31. The van der Waals surface area contributed by atoms with Gasteiger partial charge >= 0.3 is 0 Å². The van der Waals surface area contributed by atoms with Gasteiger partial charge in [-0.25, -0.2) is 0 Å². The first kappa shape index (κ1) is 14.9. The summed E-state index contributed by atoms with van der Waals surface area (Å²) in [4.78, 5) is 21.0. The molecule has 0 aromatic heterocycles. The van der Waals surface area contributed by atoms with E-state index < -0.39 is 0 Å². The van der Waals surface area contributed by atoms with Crippen LogP contribution in [0.25, 0.3) is 0 Å². The number of hydrogen-bond acceptors (Lipinski definition) is 4. The lowest BCUT2D eigenvalue weighted by atomic mass is 10.1. The first-order chi connectivity index (χ1) is 8.04. The summed E-state index contributed by atoms with van der Waals surface area (Å²) in [7, 11) is 0. The Kier molecular flexibility index (Phi) is 7.10. The Morgan fingerprint density at radius 1 is 1.41 bits per heavy atom. The van der Waals surface area contributed by atoms with Gasteiger partial charge in [-0.05, 0) is 31.7 Å². The molecule has 0 spiro atoms. The zero-order valence-electron chi connectivity index (χ0n) is 10.1. The number of aldehydes is 2. The van der Waals surface area contributed by atoms with Crippen LogP contribution >= 0.6 is 0 Å². The molecule has 0 aliphatic heterocycles. The Morgan fingerprint density at radius 2 is 2.00 bits per heavy atom. The lowest BCUT2D eigenvalue weighted by Crippen LogP contribution is -1.96. The van der Waals surface area contributed by atoms with E-state index in [9.17, 15) is 9.59 Å². The molecule has 0 heterocycles. The monoisotopic (exact) mass is 235 g/mol. The van der Waals surface area contributed by atoms with Gasteiger partial charge < -0.3 is 10.5 Å². The number of benzene rings is 1. The Balaban J connectivity index is 0.000000557. The molecular formula is C13H17NO3. The van der Waals surface area contributed by atoms with Crippen LogP contribution in [0.3, 0.4) is 0 Å². The van der Waals surface area contributed by atoms with E-state index >= 15 is 0 Å². The molecule has 0 bridgehead atoms. The molecule has 92 valence electrons. The van der Waals surface area contributed by atoms with Gasteiger partial charge in [0.25, 0.3) is 0 Å². The van der Waals surface area contributed by atoms with E-state index in [-0.39, 0.29) is 0 Å². The van der Waals surface area contributed by atoms with Gasteiger partial charge in [0.1, 0.15) is 12.0 Å². The minimum absolute atomic E-state index is 0.460. The van der Waals surface area contributed by atoms with Crippen molar-refractivity contribution in [1.82, 2.24) is 0 Å². The topological polar surface area (TPSA) is 69.4 Å². The maximum atomic E-state index is 10.5. The fourth-order valence-electron chi connectivity index (χ4n) is 1.00. The zero-order chi connectivity index (χ0) is 13.3. The van der Waals surface area contributed by atoms with Gasteiger partial charge in [-0.2, -0.15) is 0 Å². The highest BCUT2D eigenvalue weighted by atomic mass is 16.5. The van der Waals surface area contributed by atoms with Gasteiger partial charge in [-0.1, -0.05) is 12.6 Å². The summed E-state index contributed by atoms with van der Waals surface area (Å²) in [6, 6.07) is 4.71. The predicted octanol–water partition coefficient (Wildman–Crippen LogP) is 2.19. The van der Waals surface area contributed by atoms with Crippen LogP contribution < -0.4 is 10.5 Å². The molecule has 0 saturated carbocycles. The zero-order valence-corrected chi connectivity index (χ0v) is 10.1. The molecule has 1 rings (SSSR count). The van der Waals surface area contributed by atoms with Crippen LogP contribution in [0, 0.1) is 0 Å². The van der Waals surface area contributed by atoms with Crippen LogP contribution in [-0.2, 0) is 0 Å². The van der Waals surface area contributed by atoms with E-state index in [4.69, 9.17) is 10.5 Å². The minimum Gasteiger partial charge on any atom is -0.493 e. The van der Waals surface area contributed by atoms with Crippen molar-refractivity contribution in [3.05, 3.63) is 41.6 Å². The van der Waals surface area contributed by atoms with Gasteiger partial charge in [0.2, 0.25) is 0 Å². The third kappa shape index (κ3) is 6.14. The molecule has 17 heavy (non-hydrogen) atoms. The van der Waals surface area contributed by atoms with Crippen LogP contribution in [0.2, 0.25) is 0 Å². The molecule has 0 amide bonds. The normalized spacial score (nSPS) is 8.59. The van der Waals surface area contributed by atoms with Crippen LogP contribution in [-0.4, -0.2) is 19.2 Å². The SMILES string of the molecule is C=C(C)N.CCOc1cc(C=O)ccc1C=O. The maximum Gasteiger partial charge on any atom is 0.153 e. The van der Waals surface area contributed by atoms with Crippen molar-refractivity contribution in [2.24, 2.45) is 5.73 Å². The third-order valence-electron chi connectivity index (χ3n) is 1.60. The second-order valence-electron chi connectivity index (χ2n) is 3.31. The maximum absolute atomic E-state index is 10.5. The van der Waals surface area contributed by atoms with E-state index in [1.54, 1.807) is 25.1 Å². The molecule has 2 N–H and O–H groups in total. The molecule has 0 atom stereocenters. The fraction of sp³-hybridized carbons (Fsp3) is 0.231. The van der Waals surface area contributed by atoms with E-state index in [2.05, 4.69) is 6.58 Å². The summed E-state index contributed by atoms with van der Waals surface area (Å²) in [5, 5.41) is 0. The van der Waals surface area contributed by atoms with Crippen molar-refractivity contribution in [3.63, 3.8) is 0 Å². The number of hydrogen-bond donors (Lipinski definition) is 1. The molecule has 4 heteroatoms. The number of ether oxygens (including phenoxy) is 1. The van der Waals surface area contributed by atoms with Gasteiger partial charge in [0, 0.05) is 5.56 Å². The molecule has 4 nitrogen and oxygen atoms in total. The Morgan fingerprint density at radius 3 is 2.41 bits per heavy atom. The number of carbonyl (C=O) groups is 2. The van der Waals surface area contributed by atoms with Crippen molar-refractivity contribution in [1.29, 1.82) is 0 Å². The van der Waals surface area contributed by atoms with Crippen molar-refractivity contribution < 1.29 is 14.3 Å². The summed E-state index contributed by atoms with van der Waals surface area (Å²) >= 11 is 0. The van der Waals surface area contributed by atoms with Crippen LogP contribution in [0.1, 0.15) is 34.6 Å². The Hall–Kier alpha value is -2.10. The number of carbonyl (C=O) groups excluding carboxylic acids is 2. The molecular weight excluding hydrogens is 218 g/mol. The Bertz CT molecular complexity index is 396. The average Bonchev–Trinajstić information content (AvgIpc) is 2.28. The summed E-state index contributed by atoms with van der Waals surface area (Å²) in [5.74, 6) is 0.460. The van der Waals surface area contributed by atoms with Crippen LogP contribution in [0.4, 0.5) is 0 Å². The average molecular weight is 235 g/mol. The highest BCUT2D eigenvalue weighted by Crippen LogP contribution is 2.17. The van der Waals surface area contributed by atoms with Gasteiger partial charge in [-0.3, -0.25) is 9.59 Å². The summed E-state index contributed by atoms with van der Waals surface area (Å²) in [5.41, 5.74) is 6.56. The molecule has 0 unspecified atom stereocenters. The van der Waals surface area contributed by atoms with Crippen molar-refractivity contribution >= 4 is 12.6 Å². The number of rotatable bonds is 4. The first-order valence-corrected chi connectivity index (χ1v) is 5.13. The second kappa shape index (κ2) is 8.10. The van der Waals surface area contributed by atoms with Crippen molar-refractivity contribution in [3.8, 4) is 5.75 Å². The molecule has 0 saturated heterocycles. The Labute approximate surface area is 101 Å². The highest BCUT2D eigenvalue weighted by molar-refractivity contribution is 5.83. The summed E-state index contributed by atoms with van der Waals surface area (Å²) < 4.78 is 5.18.